The van der Waals surface area contributed by atoms with Crippen LogP contribution < -0.4 is 26.2 Å². The fourth-order valence-corrected chi connectivity index (χ4v) is 13.5. The first kappa shape index (κ1) is 50.2. The van der Waals surface area contributed by atoms with E-state index in [2.05, 4.69) is 333 Å². The molecule has 0 fully saturated rings. The Morgan fingerprint density at radius 3 is 1.00 bits per heavy atom. The molecule has 0 amide bonds. The zero-order chi connectivity index (χ0) is 56.1. The van der Waals surface area contributed by atoms with Gasteiger partial charge in [0, 0.05) is 67.4 Å². The molecule has 5 heteroatoms. The van der Waals surface area contributed by atoms with Crippen molar-refractivity contribution < 1.29 is 0 Å². The third-order valence-electron chi connectivity index (χ3n) is 17.4. The Hall–Kier alpha value is -9.84. The first-order chi connectivity index (χ1) is 40.5. The van der Waals surface area contributed by atoms with Crippen molar-refractivity contribution in [1.29, 1.82) is 0 Å². The molecule has 0 saturated carbocycles. The second kappa shape index (κ2) is 19.4. The zero-order valence-corrected chi connectivity index (χ0v) is 47.8. The molecule has 13 aromatic rings. The third kappa shape index (κ3) is 8.20. The topological polar surface area (TPSA) is 16.3 Å². The van der Waals surface area contributed by atoms with Crippen molar-refractivity contribution in [3.8, 4) is 56.1 Å². The maximum atomic E-state index is 2.53. The Kier molecular flexibility index (Phi) is 11.7. The van der Waals surface area contributed by atoms with Crippen molar-refractivity contribution >= 4 is 79.0 Å². The number of fused-ring (bicyclic) bond motifs is 6. The molecule has 0 bridgehead atoms. The van der Waals surface area contributed by atoms with E-state index in [-0.39, 0.29) is 17.5 Å². The Morgan fingerprint density at radius 1 is 0.289 bits per heavy atom. The van der Waals surface area contributed by atoms with E-state index >= 15 is 0 Å². The van der Waals surface area contributed by atoms with E-state index in [1.165, 1.54) is 105 Å². The predicted molar refractivity (Wildman–Crippen MR) is 353 cm³/mol. The molecule has 0 spiro atoms. The highest BCUT2D eigenvalue weighted by Crippen LogP contribution is 2.50. The third-order valence-corrected chi connectivity index (χ3v) is 17.4. The molecule has 15 rings (SSSR count). The van der Waals surface area contributed by atoms with Gasteiger partial charge in [-0.1, -0.05) is 230 Å². The summed E-state index contributed by atoms with van der Waals surface area (Å²) >= 11 is 0. The van der Waals surface area contributed by atoms with Crippen molar-refractivity contribution in [1.82, 2.24) is 9.13 Å². The standard InChI is InChI=1S/C78H63BN4/c1-77(2,3)56-40-46-66-62(48-56)72(52-26-13-7-14-27-52)75(54-30-17-9-18-31-54)82(66)60-42-44-64-70(50-60)80(58-34-21-11-22-35-58)68-38-25-39-69-74(68)79(64)65-45-43-61(51-71(65)81(69)59-36-23-12-24-37-59)83-67-47-41-57(78(4,5)6)49-63(67)73(53-28-15-8-16-29-53)76(83)55-32-19-10-20-33-55/h7-51H,1-6H3. The summed E-state index contributed by atoms with van der Waals surface area (Å²) in [5.74, 6) is 0. The molecule has 4 nitrogen and oxygen atoms in total. The largest absolute Gasteiger partial charge is 0.311 e. The van der Waals surface area contributed by atoms with E-state index in [1.54, 1.807) is 0 Å². The Balaban J connectivity index is 1.01. The van der Waals surface area contributed by atoms with Gasteiger partial charge < -0.3 is 18.9 Å². The summed E-state index contributed by atoms with van der Waals surface area (Å²) in [4.78, 5) is 5.05. The van der Waals surface area contributed by atoms with E-state index in [9.17, 15) is 0 Å². The maximum Gasteiger partial charge on any atom is 0.252 e. The number of hydrogen-bond donors (Lipinski definition) is 0. The summed E-state index contributed by atoms with van der Waals surface area (Å²) in [6, 6.07) is 102. The normalized spacial score (nSPS) is 12.9. The van der Waals surface area contributed by atoms with Gasteiger partial charge in [0.25, 0.3) is 6.71 Å². The van der Waals surface area contributed by atoms with Crippen LogP contribution >= 0.6 is 0 Å². The van der Waals surface area contributed by atoms with Crippen LogP contribution in [-0.2, 0) is 10.8 Å². The van der Waals surface area contributed by atoms with Crippen molar-refractivity contribution in [2.45, 2.75) is 52.4 Å². The van der Waals surface area contributed by atoms with Gasteiger partial charge in [0.05, 0.1) is 22.4 Å². The summed E-state index contributed by atoms with van der Waals surface area (Å²) in [5.41, 5.74) is 27.3. The predicted octanol–water partition coefficient (Wildman–Crippen LogP) is 18.9. The average molecular weight is 1070 g/mol. The number of benzene rings is 11. The van der Waals surface area contributed by atoms with Crippen LogP contribution in [0.25, 0.3) is 77.9 Å². The highest BCUT2D eigenvalue weighted by atomic mass is 15.2. The number of hydrogen-bond acceptors (Lipinski definition) is 2. The molecule has 2 aliphatic rings. The number of rotatable bonds is 8. The van der Waals surface area contributed by atoms with Crippen LogP contribution in [-0.4, -0.2) is 15.8 Å². The lowest BCUT2D eigenvalue weighted by Crippen LogP contribution is -2.61. The highest BCUT2D eigenvalue weighted by molar-refractivity contribution is 7.00. The lowest BCUT2D eigenvalue weighted by Gasteiger charge is -2.44. The van der Waals surface area contributed by atoms with Crippen LogP contribution in [0, 0.1) is 0 Å². The van der Waals surface area contributed by atoms with Crippen LogP contribution in [0.5, 0.6) is 0 Å². The van der Waals surface area contributed by atoms with E-state index in [0.29, 0.717) is 0 Å². The fraction of sp³-hybridized carbons (Fsp3) is 0.103. The molecule has 2 aromatic heterocycles. The van der Waals surface area contributed by atoms with Crippen LogP contribution in [0.4, 0.5) is 34.1 Å². The van der Waals surface area contributed by atoms with Crippen molar-refractivity contribution in [2.75, 3.05) is 9.80 Å². The zero-order valence-electron chi connectivity index (χ0n) is 47.8. The lowest BCUT2D eigenvalue weighted by atomic mass is 9.33. The first-order valence-corrected chi connectivity index (χ1v) is 29.2. The summed E-state index contributed by atoms with van der Waals surface area (Å²) in [6.45, 7) is 13.8. The summed E-state index contributed by atoms with van der Waals surface area (Å²) in [6.07, 6.45) is 0. The molecule has 0 aliphatic carbocycles. The maximum absolute atomic E-state index is 2.53. The van der Waals surface area contributed by atoms with Crippen molar-refractivity contribution in [3.05, 3.63) is 284 Å². The molecule has 398 valence electrons. The molecule has 0 unspecified atom stereocenters. The summed E-state index contributed by atoms with van der Waals surface area (Å²) in [7, 11) is 0. The molecule has 0 N–H and O–H groups in total. The Labute approximate surface area is 487 Å². The molecule has 0 saturated heterocycles. The summed E-state index contributed by atoms with van der Waals surface area (Å²) in [5, 5.41) is 2.48. The Bertz CT molecular complexity index is 4320. The lowest BCUT2D eigenvalue weighted by molar-refractivity contribution is 0.591. The van der Waals surface area contributed by atoms with E-state index in [4.69, 9.17) is 0 Å². The number of para-hydroxylation sites is 2. The number of aromatic nitrogens is 2. The first-order valence-electron chi connectivity index (χ1n) is 29.2. The van der Waals surface area contributed by atoms with E-state index in [1.807, 2.05) is 0 Å². The van der Waals surface area contributed by atoms with Crippen LogP contribution in [0.2, 0.25) is 0 Å². The van der Waals surface area contributed by atoms with Crippen molar-refractivity contribution in [2.24, 2.45) is 0 Å². The van der Waals surface area contributed by atoms with Crippen LogP contribution in [0.15, 0.2) is 273 Å². The second-order valence-corrected chi connectivity index (χ2v) is 24.5. The molecule has 4 heterocycles. The number of anilines is 6. The van der Waals surface area contributed by atoms with Gasteiger partial charge in [0.1, 0.15) is 0 Å². The number of nitrogens with zero attached hydrogens (tertiary/aromatic N) is 4. The summed E-state index contributed by atoms with van der Waals surface area (Å²) < 4.78 is 5.07. The van der Waals surface area contributed by atoms with Gasteiger partial charge in [-0.25, -0.2) is 0 Å². The van der Waals surface area contributed by atoms with Crippen LogP contribution in [0.1, 0.15) is 52.7 Å². The Morgan fingerprint density at radius 2 is 0.639 bits per heavy atom. The molecule has 0 atom stereocenters. The van der Waals surface area contributed by atoms with Gasteiger partial charge in [-0.15, -0.1) is 0 Å². The molecule has 11 aromatic carbocycles. The van der Waals surface area contributed by atoms with Gasteiger partial charge in [-0.2, -0.15) is 0 Å². The minimum atomic E-state index is -0.0947. The SMILES string of the molecule is CC(C)(C)c1ccc2c(c1)c(-c1ccccc1)c(-c1ccccc1)n2-c1ccc2c(c1)N(c1ccccc1)c1cccc3c1B2c1ccc(-n2c(-c4ccccc4)c(-c4ccccc4)c4cc(C(C)(C)C)ccc42)cc1N3c1ccccc1. The van der Waals surface area contributed by atoms with E-state index in [0.717, 1.165) is 34.1 Å². The van der Waals surface area contributed by atoms with Crippen molar-refractivity contribution in [3.63, 3.8) is 0 Å². The fourth-order valence-electron chi connectivity index (χ4n) is 13.5. The van der Waals surface area contributed by atoms with Gasteiger partial charge in [0.15, 0.2) is 0 Å². The van der Waals surface area contributed by atoms with Gasteiger partial charge >= 0.3 is 0 Å². The highest BCUT2D eigenvalue weighted by Gasteiger charge is 2.44. The van der Waals surface area contributed by atoms with Gasteiger partial charge in [0.2, 0.25) is 0 Å². The average Bonchev–Trinajstić information content (AvgIpc) is 3.84. The minimum Gasteiger partial charge on any atom is -0.311 e. The quantitative estimate of drug-likeness (QED) is 0.141. The van der Waals surface area contributed by atoms with Gasteiger partial charge in [-0.05, 0) is 146 Å². The van der Waals surface area contributed by atoms with E-state index < -0.39 is 0 Å². The minimum absolute atomic E-state index is 0.0420. The van der Waals surface area contributed by atoms with Crippen LogP contribution in [0.3, 0.4) is 0 Å². The monoisotopic (exact) mass is 1070 g/mol. The van der Waals surface area contributed by atoms with Gasteiger partial charge in [-0.3, -0.25) is 0 Å². The molecule has 83 heavy (non-hydrogen) atoms. The molecular formula is C78H63BN4. The molecular weight excluding hydrogens is 1000 g/mol. The molecule has 2 aliphatic heterocycles. The second-order valence-electron chi connectivity index (χ2n) is 24.5. The smallest absolute Gasteiger partial charge is 0.252 e. The molecule has 0 radical (unpaired) electrons.